The standard InChI is InChI=1S/C6H7N.C3H6/c1-6-3-2-4-7-5-6;1-3-2/h2-5H,1H3;3H,1H2,2H3. The van der Waals surface area contributed by atoms with Crippen LogP contribution < -0.4 is 0 Å². The number of pyridine rings is 1. The van der Waals surface area contributed by atoms with E-state index in [4.69, 9.17) is 0 Å². The van der Waals surface area contributed by atoms with Crippen molar-refractivity contribution in [2.45, 2.75) is 13.8 Å². The number of rotatable bonds is 0. The van der Waals surface area contributed by atoms with Crippen LogP contribution >= 0.6 is 0 Å². The Balaban J connectivity index is 0.000000236. The number of hydrogen-bond acceptors (Lipinski definition) is 1. The van der Waals surface area contributed by atoms with Crippen molar-refractivity contribution in [1.29, 1.82) is 0 Å². The predicted octanol–water partition coefficient (Wildman–Crippen LogP) is 2.58. The average molecular weight is 135 g/mol. The van der Waals surface area contributed by atoms with Crippen molar-refractivity contribution in [3.8, 4) is 0 Å². The molecule has 0 spiro atoms. The second-order valence-electron chi connectivity index (χ2n) is 1.94. The van der Waals surface area contributed by atoms with Crippen LogP contribution in [-0.2, 0) is 0 Å². The molecule has 0 amide bonds. The van der Waals surface area contributed by atoms with E-state index in [0.29, 0.717) is 0 Å². The van der Waals surface area contributed by atoms with Gasteiger partial charge in [-0.25, -0.2) is 0 Å². The molecule has 1 rings (SSSR count). The first-order valence-corrected chi connectivity index (χ1v) is 3.25. The third kappa shape index (κ3) is 5.04. The van der Waals surface area contributed by atoms with Gasteiger partial charge in [0.25, 0.3) is 0 Å². The molecule has 0 N–H and O–H groups in total. The van der Waals surface area contributed by atoms with Crippen molar-refractivity contribution in [2.24, 2.45) is 0 Å². The van der Waals surface area contributed by atoms with Crippen LogP contribution in [0.5, 0.6) is 0 Å². The number of aromatic nitrogens is 1. The minimum absolute atomic E-state index is 1.21. The van der Waals surface area contributed by atoms with E-state index in [2.05, 4.69) is 11.6 Å². The van der Waals surface area contributed by atoms with E-state index < -0.39 is 0 Å². The van der Waals surface area contributed by atoms with Crippen molar-refractivity contribution in [1.82, 2.24) is 4.98 Å². The predicted molar refractivity (Wildman–Crippen MR) is 44.8 cm³/mol. The Labute approximate surface area is 62.4 Å². The van der Waals surface area contributed by atoms with E-state index in [-0.39, 0.29) is 0 Å². The molecule has 0 unspecified atom stereocenters. The fraction of sp³-hybridized carbons (Fsp3) is 0.222. The fourth-order valence-corrected chi connectivity index (χ4v) is 0.448. The smallest absolute Gasteiger partial charge is 0.0297 e. The number of nitrogens with zero attached hydrogens (tertiary/aromatic N) is 1. The molecule has 0 bridgehead atoms. The van der Waals surface area contributed by atoms with Gasteiger partial charge < -0.3 is 0 Å². The van der Waals surface area contributed by atoms with Gasteiger partial charge in [-0.3, -0.25) is 4.98 Å². The highest BCUT2D eigenvalue weighted by molar-refractivity contribution is 5.04. The molecule has 0 atom stereocenters. The lowest BCUT2D eigenvalue weighted by Gasteiger charge is -1.82. The molecular formula is C9H13N. The molecule has 10 heavy (non-hydrogen) atoms. The molecule has 1 aromatic heterocycles. The Bertz CT molecular complexity index is 167. The third-order valence-electron chi connectivity index (χ3n) is 0.809. The van der Waals surface area contributed by atoms with Crippen LogP contribution in [0.3, 0.4) is 0 Å². The topological polar surface area (TPSA) is 12.9 Å². The summed E-state index contributed by atoms with van der Waals surface area (Å²) in [5.74, 6) is 0. The first-order chi connectivity index (χ1) is 4.81. The van der Waals surface area contributed by atoms with E-state index in [1.54, 1.807) is 12.3 Å². The van der Waals surface area contributed by atoms with Gasteiger partial charge in [-0.15, -0.1) is 6.58 Å². The molecule has 0 aliphatic carbocycles. The lowest BCUT2D eigenvalue weighted by molar-refractivity contribution is 1.27. The highest BCUT2D eigenvalue weighted by atomic mass is 14.6. The highest BCUT2D eigenvalue weighted by Crippen LogP contribution is 1.88. The monoisotopic (exact) mass is 135 g/mol. The van der Waals surface area contributed by atoms with Crippen LogP contribution in [0.4, 0.5) is 0 Å². The summed E-state index contributed by atoms with van der Waals surface area (Å²) in [6.45, 7) is 7.27. The summed E-state index contributed by atoms with van der Waals surface area (Å²) in [4.78, 5) is 3.88. The minimum Gasteiger partial charge on any atom is -0.264 e. The highest BCUT2D eigenvalue weighted by Gasteiger charge is 1.73. The van der Waals surface area contributed by atoms with Crippen molar-refractivity contribution >= 4 is 0 Å². The molecule has 0 saturated heterocycles. The van der Waals surface area contributed by atoms with E-state index in [1.807, 2.05) is 32.2 Å². The summed E-state index contributed by atoms with van der Waals surface area (Å²) in [6.07, 6.45) is 5.35. The Morgan fingerprint density at radius 3 is 2.40 bits per heavy atom. The zero-order valence-corrected chi connectivity index (χ0v) is 6.54. The summed E-state index contributed by atoms with van der Waals surface area (Å²) in [5, 5.41) is 0. The second kappa shape index (κ2) is 6.02. The normalized spacial score (nSPS) is 7.40. The zero-order chi connectivity index (χ0) is 7.82. The van der Waals surface area contributed by atoms with Crippen LogP contribution in [0.15, 0.2) is 37.2 Å². The molecule has 1 heteroatoms. The van der Waals surface area contributed by atoms with Gasteiger partial charge in [-0.05, 0) is 25.5 Å². The van der Waals surface area contributed by atoms with Crippen LogP contribution in [-0.4, -0.2) is 4.98 Å². The molecule has 0 aliphatic heterocycles. The Morgan fingerprint density at radius 2 is 2.20 bits per heavy atom. The number of allylic oxidation sites excluding steroid dienone is 1. The minimum atomic E-state index is 1.21. The molecular weight excluding hydrogens is 122 g/mol. The van der Waals surface area contributed by atoms with Crippen LogP contribution in [0.25, 0.3) is 0 Å². The third-order valence-corrected chi connectivity index (χ3v) is 0.809. The molecule has 54 valence electrons. The molecule has 0 fully saturated rings. The largest absolute Gasteiger partial charge is 0.264 e. The van der Waals surface area contributed by atoms with E-state index >= 15 is 0 Å². The lowest BCUT2D eigenvalue weighted by atomic mass is 10.3. The average Bonchev–Trinajstić information content (AvgIpc) is 1.91. The van der Waals surface area contributed by atoms with Crippen molar-refractivity contribution in [3.05, 3.63) is 42.7 Å². The summed E-state index contributed by atoms with van der Waals surface area (Å²) < 4.78 is 0. The lowest BCUT2D eigenvalue weighted by Crippen LogP contribution is -1.69. The fourth-order valence-electron chi connectivity index (χ4n) is 0.448. The summed E-state index contributed by atoms with van der Waals surface area (Å²) in [7, 11) is 0. The van der Waals surface area contributed by atoms with Gasteiger partial charge in [-0.2, -0.15) is 0 Å². The van der Waals surface area contributed by atoms with Crippen LogP contribution in [0, 0.1) is 6.92 Å². The molecule has 0 aromatic carbocycles. The Morgan fingerprint density at radius 1 is 1.60 bits per heavy atom. The first kappa shape index (κ1) is 8.89. The van der Waals surface area contributed by atoms with Crippen molar-refractivity contribution in [3.63, 3.8) is 0 Å². The van der Waals surface area contributed by atoms with Crippen LogP contribution in [0.2, 0.25) is 0 Å². The van der Waals surface area contributed by atoms with Gasteiger partial charge in [0.15, 0.2) is 0 Å². The number of hydrogen-bond donors (Lipinski definition) is 0. The van der Waals surface area contributed by atoms with Gasteiger partial charge in [0.05, 0.1) is 0 Å². The van der Waals surface area contributed by atoms with Gasteiger partial charge >= 0.3 is 0 Å². The zero-order valence-electron chi connectivity index (χ0n) is 6.54. The van der Waals surface area contributed by atoms with Crippen LogP contribution in [0.1, 0.15) is 12.5 Å². The molecule has 0 aliphatic rings. The van der Waals surface area contributed by atoms with Gasteiger partial charge in [0, 0.05) is 12.4 Å². The summed E-state index contributed by atoms with van der Waals surface area (Å²) >= 11 is 0. The SMILES string of the molecule is C=CC.Cc1cccnc1. The molecule has 0 radical (unpaired) electrons. The van der Waals surface area contributed by atoms with Crippen molar-refractivity contribution < 1.29 is 0 Å². The first-order valence-electron chi connectivity index (χ1n) is 3.25. The second-order valence-corrected chi connectivity index (χ2v) is 1.94. The molecule has 0 saturated carbocycles. The maximum atomic E-state index is 3.88. The Hall–Kier alpha value is -1.11. The van der Waals surface area contributed by atoms with Crippen molar-refractivity contribution in [2.75, 3.05) is 0 Å². The van der Waals surface area contributed by atoms with E-state index in [9.17, 15) is 0 Å². The quantitative estimate of drug-likeness (QED) is 0.498. The van der Waals surface area contributed by atoms with Gasteiger partial charge in [0.1, 0.15) is 0 Å². The number of aryl methyl sites for hydroxylation is 1. The maximum Gasteiger partial charge on any atom is 0.0297 e. The van der Waals surface area contributed by atoms with E-state index in [0.717, 1.165) is 0 Å². The molecule has 1 heterocycles. The van der Waals surface area contributed by atoms with Gasteiger partial charge in [-0.1, -0.05) is 12.1 Å². The molecule has 1 nitrogen and oxygen atoms in total. The summed E-state index contributed by atoms with van der Waals surface area (Å²) in [6, 6.07) is 3.95. The Kier molecular flexibility index (Phi) is 5.35. The maximum absolute atomic E-state index is 3.88. The van der Waals surface area contributed by atoms with E-state index in [1.165, 1.54) is 5.56 Å². The summed E-state index contributed by atoms with van der Waals surface area (Å²) in [5.41, 5.74) is 1.21. The molecule has 1 aromatic rings. The van der Waals surface area contributed by atoms with Gasteiger partial charge in [0.2, 0.25) is 0 Å².